The van der Waals surface area contributed by atoms with Gasteiger partial charge < -0.3 is 0 Å². The molecule has 0 unspecified atom stereocenters. The second-order valence-electron chi connectivity index (χ2n) is 3.54. The van der Waals surface area contributed by atoms with Crippen LogP contribution in [-0.2, 0) is 10.1 Å². The smallest absolute Gasteiger partial charge is 0.282 e. The molecule has 0 spiro atoms. The molecule has 2 rings (SSSR count). The highest BCUT2D eigenvalue weighted by Gasteiger charge is 2.18. The molecule has 0 saturated heterocycles. The molecule has 0 aromatic heterocycles. The van der Waals surface area contributed by atoms with E-state index in [2.05, 4.69) is 0 Å². The summed E-state index contributed by atoms with van der Waals surface area (Å²) in [5.41, 5.74) is 0.340. The maximum absolute atomic E-state index is 11.3. The maximum Gasteiger partial charge on any atom is 0.295 e. The van der Waals surface area contributed by atoms with Crippen LogP contribution in [0, 0.1) is 22.7 Å². The van der Waals surface area contributed by atoms with Gasteiger partial charge in [0.15, 0.2) is 0 Å². The van der Waals surface area contributed by atoms with Crippen molar-refractivity contribution in [2.24, 2.45) is 0 Å². The highest BCUT2D eigenvalue weighted by molar-refractivity contribution is 7.86. The molecule has 0 atom stereocenters. The summed E-state index contributed by atoms with van der Waals surface area (Å²) in [6, 6.07) is 10.7. The Labute approximate surface area is 103 Å². The van der Waals surface area contributed by atoms with E-state index in [9.17, 15) is 8.42 Å². The number of fused-ring (bicyclic) bond motifs is 1. The fourth-order valence-electron chi connectivity index (χ4n) is 1.78. The fourth-order valence-corrected chi connectivity index (χ4v) is 2.51. The Morgan fingerprint density at radius 3 is 2.17 bits per heavy atom. The van der Waals surface area contributed by atoms with Gasteiger partial charge in [0.05, 0.1) is 23.3 Å². The molecular formula is C12H6N2O3S. The highest BCUT2D eigenvalue weighted by Crippen LogP contribution is 2.28. The molecular weight excluding hydrogens is 252 g/mol. The summed E-state index contributed by atoms with van der Waals surface area (Å²) in [4.78, 5) is -0.367. The Balaban J connectivity index is 3.11. The van der Waals surface area contributed by atoms with Crippen LogP contribution < -0.4 is 0 Å². The van der Waals surface area contributed by atoms with Crippen molar-refractivity contribution in [1.29, 1.82) is 10.5 Å². The Hall–Kier alpha value is -2.41. The lowest BCUT2D eigenvalue weighted by molar-refractivity contribution is 0.484. The van der Waals surface area contributed by atoms with Crippen molar-refractivity contribution in [3.05, 3.63) is 41.5 Å². The van der Waals surface area contributed by atoms with E-state index in [1.807, 2.05) is 12.1 Å². The Kier molecular flexibility index (Phi) is 2.76. The van der Waals surface area contributed by atoms with Gasteiger partial charge in [-0.25, -0.2) is 0 Å². The second kappa shape index (κ2) is 4.11. The first-order valence-electron chi connectivity index (χ1n) is 4.82. The van der Waals surface area contributed by atoms with Gasteiger partial charge in [0.1, 0.15) is 4.90 Å². The van der Waals surface area contributed by atoms with Crippen LogP contribution in [0.3, 0.4) is 0 Å². The molecule has 2 aromatic rings. The first kappa shape index (κ1) is 12.1. The summed E-state index contributed by atoms with van der Waals surface area (Å²) in [6.45, 7) is 0. The average molecular weight is 258 g/mol. The first-order valence-corrected chi connectivity index (χ1v) is 6.26. The molecule has 1 N–H and O–H groups in total. The largest absolute Gasteiger partial charge is 0.295 e. The van der Waals surface area contributed by atoms with Crippen molar-refractivity contribution in [3.8, 4) is 12.1 Å². The van der Waals surface area contributed by atoms with Crippen LogP contribution in [0.2, 0.25) is 0 Å². The van der Waals surface area contributed by atoms with Gasteiger partial charge in [-0.2, -0.15) is 18.9 Å². The van der Waals surface area contributed by atoms with Gasteiger partial charge in [-0.1, -0.05) is 12.1 Å². The summed E-state index contributed by atoms with van der Waals surface area (Å²) in [7, 11) is -4.45. The van der Waals surface area contributed by atoms with E-state index in [4.69, 9.17) is 15.1 Å². The lowest BCUT2D eigenvalue weighted by Crippen LogP contribution is -2.00. The van der Waals surface area contributed by atoms with Gasteiger partial charge in [-0.3, -0.25) is 4.55 Å². The van der Waals surface area contributed by atoms with E-state index in [0.717, 1.165) is 0 Å². The number of benzene rings is 2. The minimum atomic E-state index is -4.45. The van der Waals surface area contributed by atoms with Gasteiger partial charge >= 0.3 is 0 Å². The summed E-state index contributed by atoms with van der Waals surface area (Å²) in [5, 5.41) is 18.3. The molecule has 0 saturated carbocycles. The molecule has 0 fully saturated rings. The number of rotatable bonds is 1. The zero-order chi connectivity index (χ0) is 13.3. The van der Waals surface area contributed by atoms with E-state index >= 15 is 0 Å². The zero-order valence-electron chi connectivity index (χ0n) is 8.95. The SMILES string of the molecule is N#Cc1ccc(C#N)c2c(S(=O)(=O)O)cccc12. The van der Waals surface area contributed by atoms with Gasteiger partial charge in [0.2, 0.25) is 0 Å². The quantitative estimate of drug-likeness (QED) is 0.786. The minimum absolute atomic E-state index is 0.0709. The van der Waals surface area contributed by atoms with Gasteiger partial charge in [-0.15, -0.1) is 0 Å². The summed E-state index contributed by atoms with van der Waals surface area (Å²) < 4.78 is 31.7. The Bertz CT molecular complexity index is 827. The van der Waals surface area contributed by atoms with Crippen molar-refractivity contribution in [3.63, 3.8) is 0 Å². The van der Waals surface area contributed by atoms with Crippen LogP contribution >= 0.6 is 0 Å². The summed E-state index contributed by atoms with van der Waals surface area (Å²) in [6.07, 6.45) is 0. The van der Waals surface area contributed by atoms with Crippen LogP contribution in [0.5, 0.6) is 0 Å². The zero-order valence-corrected chi connectivity index (χ0v) is 9.77. The fraction of sp³-hybridized carbons (Fsp3) is 0. The lowest BCUT2D eigenvalue weighted by atomic mass is 10.0. The third-order valence-corrected chi connectivity index (χ3v) is 3.42. The van der Waals surface area contributed by atoms with E-state index in [1.54, 1.807) is 0 Å². The molecule has 0 bridgehead atoms. The minimum Gasteiger partial charge on any atom is -0.282 e. The maximum atomic E-state index is 11.3. The Morgan fingerprint density at radius 2 is 1.61 bits per heavy atom. The molecule has 0 aliphatic heterocycles. The van der Waals surface area contributed by atoms with Crippen LogP contribution in [0.4, 0.5) is 0 Å². The highest BCUT2D eigenvalue weighted by atomic mass is 32.2. The van der Waals surface area contributed by atoms with Crippen LogP contribution in [-0.4, -0.2) is 13.0 Å². The topological polar surface area (TPSA) is 102 Å². The number of hydrogen-bond acceptors (Lipinski definition) is 4. The predicted octanol–water partition coefficient (Wildman–Crippen LogP) is 1.83. The number of nitrogens with zero attached hydrogens (tertiary/aromatic N) is 2. The summed E-state index contributed by atoms with van der Waals surface area (Å²) in [5.74, 6) is 0. The van der Waals surface area contributed by atoms with E-state index in [-0.39, 0.29) is 21.4 Å². The molecule has 6 heteroatoms. The molecule has 0 amide bonds. The molecule has 88 valence electrons. The van der Waals surface area contributed by atoms with Crippen molar-refractivity contribution >= 4 is 20.9 Å². The monoisotopic (exact) mass is 258 g/mol. The van der Waals surface area contributed by atoms with Crippen molar-refractivity contribution in [2.45, 2.75) is 4.90 Å². The van der Waals surface area contributed by atoms with Crippen molar-refractivity contribution in [2.75, 3.05) is 0 Å². The third kappa shape index (κ3) is 1.80. The molecule has 0 heterocycles. The van der Waals surface area contributed by atoms with E-state index in [0.29, 0.717) is 5.39 Å². The Morgan fingerprint density at radius 1 is 1.00 bits per heavy atom. The van der Waals surface area contributed by atoms with Gasteiger partial charge in [0.25, 0.3) is 10.1 Å². The predicted molar refractivity (Wildman–Crippen MR) is 63.2 cm³/mol. The third-order valence-electron chi connectivity index (χ3n) is 2.52. The molecule has 2 aromatic carbocycles. The van der Waals surface area contributed by atoms with Crippen LogP contribution in [0.1, 0.15) is 11.1 Å². The van der Waals surface area contributed by atoms with E-state index < -0.39 is 10.1 Å². The molecule has 5 nitrogen and oxygen atoms in total. The lowest BCUT2D eigenvalue weighted by Gasteiger charge is -2.06. The average Bonchev–Trinajstić information content (AvgIpc) is 2.35. The number of nitriles is 2. The van der Waals surface area contributed by atoms with Crippen LogP contribution in [0.15, 0.2) is 35.2 Å². The van der Waals surface area contributed by atoms with Crippen LogP contribution in [0.25, 0.3) is 10.8 Å². The molecule has 0 aliphatic carbocycles. The van der Waals surface area contributed by atoms with Crippen molar-refractivity contribution in [1.82, 2.24) is 0 Å². The van der Waals surface area contributed by atoms with Crippen molar-refractivity contribution < 1.29 is 13.0 Å². The molecule has 18 heavy (non-hydrogen) atoms. The summed E-state index contributed by atoms with van der Waals surface area (Å²) >= 11 is 0. The molecule has 0 aliphatic rings. The van der Waals surface area contributed by atoms with Gasteiger partial charge in [0, 0.05) is 10.8 Å². The molecule has 0 radical (unpaired) electrons. The normalized spacial score (nSPS) is 10.8. The van der Waals surface area contributed by atoms with Gasteiger partial charge in [-0.05, 0) is 18.2 Å². The standard InChI is InChI=1S/C12H6N2O3S/c13-6-8-4-5-9(7-14)12-10(8)2-1-3-11(12)18(15,16)17/h1-5H,(H,15,16,17). The van der Waals surface area contributed by atoms with E-state index in [1.165, 1.54) is 30.3 Å². The number of hydrogen-bond donors (Lipinski definition) is 1. The second-order valence-corrected chi connectivity index (χ2v) is 4.93. The first-order chi connectivity index (χ1) is 8.49.